The van der Waals surface area contributed by atoms with Crippen LogP contribution in [-0.4, -0.2) is 18.2 Å². The van der Waals surface area contributed by atoms with Crippen LogP contribution in [0, 0.1) is 5.92 Å². The molecule has 3 nitrogen and oxygen atoms in total. The Hall–Kier alpha value is -1.64. The van der Waals surface area contributed by atoms with Gasteiger partial charge in [0.15, 0.2) is 6.29 Å². The van der Waals surface area contributed by atoms with E-state index in [0.29, 0.717) is 17.0 Å². The van der Waals surface area contributed by atoms with Gasteiger partial charge in [0.25, 0.3) is 5.91 Å². The molecule has 1 aromatic rings. The maximum Gasteiger partial charge on any atom is 0.252 e. The molecule has 1 aliphatic carbocycles. The number of carbonyl (C=O) groups excluding carboxylic acids is 2. The Kier molecular flexibility index (Phi) is 3.04. The maximum absolute atomic E-state index is 11.9. The number of rotatable bonds is 4. The lowest BCUT2D eigenvalue weighted by Gasteiger charge is -2.13. The first-order chi connectivity index (χ1) is 7.72. The van der Waals surface area contributed by atoms with E-state index in [2.05, 4.69) is 5.32 Å². The summed E-state index contributed by atoms with van der Waals surface area (Å²) < 4.78 is 0. The lowest BCUT2D eigenvalue weighted by atomic mass is 10.1. The van der Waals surface area contributed by atoms with E-state index in [4.69, 9.17) is 0 Å². The van der Waals surface area contributed by atoms with Crippen LogP contribution in [0.15, 0.2) is 24.3 Å². The molecule has 3 heteroatoms. The predicted octanol–water partition coefficient (Wildman–Crippen LogP) is 2.03. The Morgan fingerprint density at radius 3 is 2.75 bits per heavy atom. The van der Waals surface area contributed by atoms with Crippen molar-refractivity contribution in [2.45, 2.75) is 25.8 Å². The summed E-state index contributed by atoms with van der Waals surface area (Å²) in [5.41, 5.74) is 0.910. The minimum Gasteiger partial charge on any atom is -0.349 e. The summed E-state index contributed by atoms with van der Waals surface area (Å²) >= 11 is 0. The van der Waals surface area contributed by atoms with E-state index in [1.807, 2.05) is 6.92 Å². The predicted molar refractivity (Wildman–Crippen MR) is 61.5 cm³/mol. The maximum atomic E-state index is 11.9. The van der Waals surface area contributed by atoms with Gasteiger partial charge < -0.3 is 5.32 Å². The van der Waals surface area contributed by atoms with Crippen molar-refractivity contribution < 1.29 is 9.59 Å². The standard InChI is InChI=1S/C13H15NO2/c1-9(10-6-7-10)14-13(16)12-5-3-2-4-11(12)8-15/h2-5,8-10H,6-7H2,1H3,(H,14,16). The summed E-state index contributed by atoms with van der Waals surface area (Å²) in [4.78, 5) is 22.7. The lowest BCUT2D eigenvalue weighted by Crippen LogP contribution is -2.34. The minimum absolute atomic E-state index is 0.151. The van der Waals surface area contributed by atoms with E-state index in [1.165, 1.54) is 12.8 Å². The number of hydrogen-bond donors (Lipinski definition) is 1. The van der Waals surface area contributed by atoms with Crippen molar-refractivity contribution >= 4 is 12.2 Å². The van der Waals surface area contributed by atoms with E-state index in [1.54, 1.807) is 24.3 Å². The first kappa shape index (κ1) is 10.9. The normalized spacial score (nSPS) is 16.6. The fourth-order valence-electron chi connectivity index (χ4n) is 1.81. The molecule has 1 saturated carbocycles. The molecule has 1 atom stereocenters. The zero-order chi connectivity index (χ0) is 11.5. The zero-order valence-corrected chi connectivity index (χ0v) is 9.27. The number of amides is 1. The van der Waals surface area contributed by atoms with Crippen LogP contribution in [0.3, 0.4) is 0 Å². The van der Waals surface area contributed by atoms with E-state index < -0.39 is 0 Å². The quantitative estimate of drug-likeness (QED) is 0.784. The fraction of sp³-hybridized carbons (Fsp3) is 0.385. The molecule has 0 spiro atoms. The number of benzene rings is 1. The molecule has 1 aliphatic rings. The van der Waals surface area contributed by atoms with Crippen molar-refractivity contribution in [1.82, 2.24) is 5.32 Å². The molecular weight excluding hydrogens is 202 g/mol. The van der Waals surface area contributed by atoms with E-state index >= 15 is 0 Å². The topological polar surface area (TPSA) is 46.2 Å². The van der Waals surface area contributed by atoms with Gasteiger partial charge in [0.05, 0.1) is 0 Å². The number of hydrogen-bond acceptors (Lipinski definition) is 2. The van der Waals surface area contributed by atoms with Gasteiger partial charge in [-0.2, -0.15) is 0 Å². The molecular formula is C13H15NO2. The SMILES string of the molecule is CC(NC(=O)c1ccccc1C=O)C1CC1. The molecule has 0 radical (unpaired) electrons. The molecule has 1 N–H and O–H groups in total. The third-order valence-corrected chi connectivity index (χ3v) is 3.02. The largest absolute Gasteiger partial charge is 0.349 e. The Labute approximate surface area is 94.9 Å². The van der Waals surface area contributed by atoms with Crippen LogP contribution in [0.25, 0.3) is 0 Å². The first-order valence-electron chi connectivity index (χ1n) is 5.57. The third kappa shape index (κ3) is 2.30. The van der Waals surface area contributed by atoms with Gasteiger partial charge in [-0.05, 0) is 31.7 Å². The molecule has 1 amide bonds. The molecule has 1 unspecified atom stereocenters. The van der Waals surface area contributed by atoms with Gasteiger partial charge in [-0.25, -0.2) is 0 Å². The van der Waals surface area contributed by atoms with Crippen molar-refractivity contribution in [2.24, 2.45) is 5.92 Å². The summed E-state index contributed by atoms with van der Waals surface area (Å²) in [5.74, 6) is 0.467. The molecule has 16 heavy (non-hydrogen) atoms. The molecule has 1 aromatic carbocycles. The second-order valence-electron chi connectivity index (χ2n) is 4.30. The molecule has 2 rings (SSSR count). The van der Waals surface area contributed by atoms with Crippen molar-refractivity contribution in [3.8, 4) is 0 Å². The van der Waals surface area contributed by atoms with E-state index in [9.17, 15) is 9.59 Å². The van der Waals surface area contributed by atoms with Crippen LogP contribution >= 0.6 is 0 Å². The Balaban J connectivity index is 2.10. The van der Waals surface area contributed by atoms with Gasteiger partial charge in [-0.3, -0.25) is 9.59 Å². The molecule has 1 fully saturated rings. The van der Waals surface area contributed by atoms with Crippen LogP contribution in [0.4, 0.5) is 0 Å². The summed E-state index contributed by atoms with van der Waals surface area (Å²) in [6.07, 6.45) is 3.10. The van der Waals surface area contributed by atoms with Gasteiger partial charge >= 0.3 is 0 Å². The zero-order valence-electron chi connectivity index (χ0n) is 9.27. The third-order valence-electron chi connectivity index (χ3n) is 3.02. The van der Waals surface area contributed by atoms with Gasteiger partial charge in [0.2, 0.25) is 0 Å². The summed E-state index contributed by atoms with van der Waals surface area (Å²) in [6.45, 7) is 2.01. The summed E-state index contributed by atoms with van der Waals surface area (Å²) in [5, 5.41) is 2.94. The van der Waals surface area contributed by atoms with Crippen molar-refractivity contribution in [3.63, 3.8) is 0 Å². The van der Waals surface area contributed by atoms with Crippen LogP contribution in [0.2, 0.25) is 0 Å². The van der Waals surface area contributed by atoms with Gasteiger partial charge in [0, 0.05) is 17.2 Å². The van der Waals surface area contributed by atoms with Crippen LogP contribution < -0.4 is 5.32 Å². The highest BCUT2D eigenvalue weighted by Crippen LogP contribution is 2.32. The molecule has 84 valence electrons. The Bertz CT molecular complexity index is 410. The van der Waals surface area contributed by atoms with Crippen molar-refractivity contribution in [1.29, 1.82) is 0 Å². The van der Waals surface area contributed by atoms with Gasteiger partial charge in [-0.1, -0.05) is 18.2 Å². The fourth-order valence-corrected chi connectivity index (χ4v) is 1.81. The first-order valence-corrected chi connectivity index (χ1v) is 5.57. The molecule has 0 aliphatic heterocycles. The molecule has 0 aromatic heterocycles. The second-order valence-corrected chi connectivity index (χ2v) is 4.30. The van der Waals surface area contributed by atoms with E-state index in [-0.39, 0.29) is 11.9 Å². The molecule has 0 saturated heterocycles. The van der Waals surface area contributed by atoms with Gasteiger partial charge in [0.1, 0.15) is 0 Å². The molecule has 0 bridgehead atoms. The average molecular weight is 217 g/mol. The van der Waals surface area contributed by atoms with Crippen LogP contribution in [-0.2, 0) is 0 Å². The summed E-state index contributed by atoms with van der Waals surface area (Å²) in [6, 6.07) is 7.06. The average Bonchev–Trinajstić information content (AvgIpc) is 3.12. The number of nitrogens with one attached hydrogen (secondary N) is 1. The van der Waals surface area contributed by atoms with Crippen molar-refractivity contribution in [3.05, 3.63) is 35.4 Å². The summed E-state index contributed by atoms with van der Waals surface area (Å²) in [7, 11) is 0. The minimum atomic E-state index is -0.151. The Morgan fingerprint density at radius 2 is 2.12 bits per heavy atom. The van der Waals surface area contributed by atoms with Gasteiger partial charge in [-0.15, -0.1) is 0 Å². The lowest BCUT2D eigenvalue weighted by molar-refractivity contribution is 0.0930. The number of aldehydes is 1. The molecule has 0 heterocycles. The Morgan fingerprint density at radius 1 is 1.44 bits per heavy atom. The van der Waals surface area contributed by atoms with E-state index in [0.717, 1.165) is 6.29 Å². The monoisotopic (exact) mass is 217 g/mol. The smallest absolute Gasteiger partial charge is 0.252 e. The highest BCUT2D eigenvalue weighted by molar-refractivity contribution is 6.01. The van der Waals surface area contributed by atoms with Crippen LogP contribution in [0.1, 0.15) is 40.5 Å². The second kappa shape index (κ2) is 4.47. The number of carbonyl (C=O) groups is 2. The van der Waals surface area contributed by atoms with Crippen molar-refractivity contribution in [2.75, 3.05) is 0 Å². The highest BCUT2D eigenvalue weighted by atomic mass is 16.2. The highest BCUT2D eigenvalue weighted by Gasteiger charge is 2.29. The van der Waals surface area contributed by atoms with Crippen LogP contribution in [0.5, 0.6) is 0 Å².